The molecule has 0 fully saturated rings. The molecule has 0 aliphatic carbocycles. The standard InChI is InChI=1S/C15H23N5O2S2/c1-4-12-6-9-15(23-12)24(21,22)19-14-8-7-13(17-18-14)16-10-5-11-20(2)3/h6-9H,4-5,10-11H2,1-3H3,(H,16,17)(H,18,19). The first-order valence-electron chi connectivity index (χ1n) is 7.74. The van der Waals surface area contributed by atoms with E-state index in [0.717, 1.165) is 30.8 Å². The van der Waals surface area contributed by atoms with Gasteiger partial charge in [-0.1, -0.05) is 6.92 Å². The largest absolute Gasteiger partial charge is 0.369 e. The minimum Gasteiger partial charge on any atom is -0.369 e. The van der Waals surface area contributed by atoms with Crippen LogP contribution in [0.1, 0.15) is 18.2 Å². The van der Waals surface area contributed by atoms with Gasteiger partial charge in [-0.05, 0) is 57.7 Å². The number of hydrogen-bond acceptors (Lipinski definition) is 7. The van der Waals surface area contributed by atoms with E-state index >= 15 is 0 Å². The lowest BCUT2D eigenvalue weighted by molar-refractivity contribution is 0.405. The van der Waals surface area contributed by atoms with E-state index in [-0.39, 0.29) is 10.0 Å². The second-order valence-corrected chi connectivity index (χ2v) is 8.64. The first-order chi connectivity index (χ1) is 11.4. The predicted octanol–water partition coefficient (Wildman–Crippen LogP) is 2.26. The maximum atomic E-state index is 12.3. The van der Waals surface area contributed by atoms with E-state index in [1.807, 2.05) is 27.1 Å². The van der Waals surface area contributed by atoms with E-state index in [9.17, 15) is 8.42 Å². The monoisotopic (exact) mass is 369 g/mol. The summed E-state index contributed by atoms with van der Waals surface area (Å²) < 4.78 is 27.3. The smallest absolute Gasteiger partial charge is 0.272 e. The van der Waals surface area contributed by atoms with Gasteiger partial charge in [0.1, 0.15) is 10.0 Å². The third kappa shape index (κ3) is 5.43. The van der Waals surface area contributed by atoms with Crippen LogP contribution in [0.5, 0.6) is 0 Å². The van der Waals surface area contributed by atoms with Crippen LogP contribution in [-0.2, 0) is 16.4 Å². The minimum atomic E-state index is -3.61. The summed E-state index contributed by atoms with van der Waals surface area (Å²) in [6, 6.07) is 6.76. The van der Waals surface area contributed by atoms with Gasteiger partial charge in [-0.15, -0.1) is 21.5 Å². The Labute approximate surface area is 147 Å². The maximum Gasteiger partial charge on any atom is 0.272 e. The molecule has 0 saturated carbocycles. The van der Waals surface area contributed by atoms with E-state index < -0.39 is 10.0 Å². The summed E-state index contributed by atoms with van der Waals surface area (Å²) in [4.78, 5) is 3.14. The van der Waals surface area contributed by atoms with Crippen molar-refractivity contribution in [2.75, 3.05) is 37.2 Å². The summed E-state index contributed by atoms with van der Waals surface area (Å²) >= 11 is 1.26. The average molecular weight is 370 g/mol. The number of nitrogens with zero attached hydrogens (tertiary/aromatic N) is 3. The summed E-state index contributed by atoms with van der Waals surface area (Å²) in [7, 11) is 0.445. The van der Waals surface area contributed by atoms with Crippen LogP contribution >= 0.6 is 11.3 Å². The van der Waals surface area contributed by atoms with Gasteiger partial charge in [-0.25, -0.2) is 8.42 Å². The van der Waals surface area contributed by atoms with Crippen molar-refractivity contribution in [1.82, 2.24) is 15.1 Å². The molecule has 0 amide bonds. The van der Waals surface area contributed by atoms with Gasteiger partial charge in [0, 0.05) is 11.4 Å². The van der Waals surface area contributed by atoms with Crippen molar-refractivity contribution >= 4 is 33.0 Å². The van der Waals surface area contributed by atoms with Gasteiger partial charge < -0.3 is 10.2 Å². The summed E-state index contributed by atoms with van der Waals surface area (Å²) in [5, 5.41) is 11.1. The molecule has 0 aliphatic heterocycles. The van der Waals surface area contributed by atoms with Gasteiger partial charge in [-0.2, -0.15) is 0 Å². The number of hydrogen-bond donors (Lipinski definition) is 2. The van der Waals surface area contributed by atoms with Gasteiger partial charge in [0.05, 0.1) is 0 Å². The molecule has 0 radical (unpaired) electrons. The van der Waals surface area contributed by atoms with Gasteiger partial charge in [0.25, 0.3) is 10.0 Å². The molecule has 2 heterocycles. The highest BCUT2D eigenvalue weighted by molar-refractivity contribution is 7.94. The predicted molar refractivity (Wildman–Crippen MR) is 98.2 cm³/mol. The van der Waals surface area contributed by atoms with Crippen molar-refractivity contribution in [1.29, 1.82) is 0 Å². The lowest BCUT2D eigenvalue weighted by Gasteiger charge is -2.10. The molecule has 2 aromatic heterocycles. The zero-order chi connectivity index (χ0) is 17.6. The Hall–Kier alpha value is -1.71. The highest BCUT2D eigenvalue weighted by atomic mass is 32.2. The molecule has 2 rings (SSSR count). The number of nitrogens with one attached hydrogen (secondary N) is 2. The molecular weight excluding hydrogens is 346 g/mol. The summed E-state index contributed by atoms with van der Waals surface area (Å²) in [6.45, 7) is 3.76. The molecule has 9 heteroatoms. The molecule has 0 aliphatic rings. The van der Waals surface area contributed by atoms with E-state index in [1.165, 1.54) is 11.3 Å². The van der Waals surface area contributed by atoms with Crippen LogP contribution in [0.4, 0.5) is 11.6 Å². The molecule has 2 N–H and O–H groups in total. The second kappa shape index (κ2) is 8.41. The van der Waals surface area contributed by atoms with Gasteiger partial charge in [0.2, 0.25) is 0 Å². The molecule has 24 heavy (non-hydrogen) atoms. The number of sulfonamides is 1. The third-order valence-electron chi connectivity index (χ3n) is 3.24. The number of anilines is 2. The quantitative estimate of drug-likeness (QED) is 0.659. The van der Waals surface area contributed by atoms with Gasteiger partial charge in [0.15, 0.2) is 5.82 Å². The Morgan fingerprint density at radius 1 is 1.12 bits per heavy atom. The van der Waals surface area contributed by atoms with Gasteiger partial charge in [-0.3, -0.25) is 4.72 Å². The van der Waals surface area contributed by atoms with E-state index in [4.69, 9.17) is 0 Å². The van der Waals surface area contributed by atoms with Crippen molar-refractivity contribution < 1.29 is 8.42 Å². The Morgan fingerprint density at radius 2 is 1.83 bits per heavy atom. The molecule has 0 atom stereocenters. The average Bonchev–Trinajstić information content (AvgIpc) is 3.03. The van der Waals surface area contributed by atoms with Crippen LogP contribution in [-0.4, -0.2) is 50.7 Å². The fourth-order valence-corrected chi connectivity index (χ4v) is 4.27. The van der Waals surface area contributed by atoms with E-state index in [1.54, 1.807) is 18.2 Å². The zero-order valence-electron chi connectivity index (χ0n) is 14.1. The Kier molecular flexibility index (Phi) is 6.52. The Balaban J connectivity index is 1.93. The van der Waals surface area contributed by atoms with E-state index in [0.29, 0.717) is 5.82 Å². The summed E-state index contributed by atoms with van der Waals surface area (Å²) in [6.07, 6.45) is 1.80. The van der Waals surface area contributed by atoms with Crippen molar-refractivity contribution in [3.05, 3.63) is 29.1 Å². The van der Waals surface area contributed by atoms with Crippen molar-refractivity contribution in [2.24, 2.45) is 0 Å². The Bertz CT molecular complexity index is 741. The molecule has 0 spiro atoms. The molecule has 0 bridgehead atoms. The van der Waals surface area contributed by atoms with Crippen LogP contribution < -0.4 is 10.0 Å². The number of aryl methyl sites for hydroxylation is 1. The van der Waals surface area contributed by atoms with Crippen molar-refractivity contribution in [3.63, 3.8) is 0 Å². The molecule has 2 aromatic rings. The van der Waals surface area contributed by atoms with Crippen LogP contribution in [0.15, 0.2) is 28.5 Å². The van der Waals surface area contributed by atoms with Crippen LogP contribution in [0.3, 0.4) is 0 Å². The summed E-state index contributed by atoms with van der Waals surface area (Å²) in [5.41, 5.74) is 0. The van der Waals surface area contributed by atoms with Gasteiger partial charge >= 0.3 is 0 Å². The number of aromatic nitrogens is 2. The number of thiophene rings is 1. The molecule has 7 nitrogen and oxygen atoms in total. The van der Waals surface area contributed by atoms with Crippen molar-refractivity contribution in [3.8, 4) is 0 Å². The zero-order valence-corrected chi connectivity index (χ0v) is 15.7. The maximum absolute atomic E-state index is 12.3. The SMILES string of the molecule is CCc1ccc(S(=O)(=O)Nc2ccc(NCCCN(C)C)nn2)s1. The highest BCUT2D eigenvalue weighted by Gasteiger charge is 2.17. The first-order valence-corrected chi connectivity index (χ1v) is 10.0. The topological polar surface area (TPSA) is 87.2 Å². The lowest BCUT2D eigenvalue weighted by Crippen LogP contribution is -2.17. The molecular formula is C15H23N5O2S2. The first kappa shape index (κ1) is 18.6. The third-order valence-corrected chi connectivity index (χ3v) is 6.32. The van der Waals surface area contributed by atoms with Crippen LogP contribution in [0.25, 0.3) is 0 Å². The number of rotatable bonds is 9. The summed E-state index contributed by atoms with van der Waals surface area (Å²) in [5.74, 6) is 0.835. The van der Waals surface area contributed by atoms with E-state index in [2.05, 4.69) is 25.1 Å². The Morgan fingerprint density at radius 3 is 2.42 bits per heavy atom. The fraction of sp³-hybridized carbons (Fsp3) is 0.467. The van der Waals surface area contributed by atoms with Crippen LogP contribution in [0.2, 0.25) is 0 Å². The molecule has 0 saturated heterocycles. The highest BCUT2D eigenvalue weighted by Crippen LogP contribution is 2.23. The van der Waals surface area contributed by atoms with Crippen molar-refractivity contribution in [2.45, 2.75) is 24.0 Å². The van der Waals surface area contributed by atoms with Crippen LogP contribution in [0, 0.1) is 0 Å². The second-order valence-electron chi connectivity index (χ2n) is 5.57. The minimum absolute atomic E-state index is 0.209. The molecule has 0 unspecified atom stereocenters. The molecule has 0 aromatic carbocycles. The lowest BCUT2D eigenvalue weighted by atomic mass is 10.4. The normalized spacial score (nSPS) is 11.7. The fourth-order valence-electron chi connectivity index (χ4n) is 1.97. The molecule has 132 valence electrons.